The third kappa shape index (κ3) is 2.28. The number of aromatic nitrogens is 2. The highest BCUT2D eigenvalue weighted by molar-refractivity contribution is 7.07. The Morgan fingerprint density at radius 2 is 2.33 bits per heavy atom. The average molecular weight is 225 g/mol. The first-order chi connectivity index (χ1) is 7.29. The number of nitrogens with two attached hydrogens (primary N) is 1. The molecule has 0 aliphatic carbocycles. The van der Waals surface area contributed by atoms with Crippen LogP contribution in [0.1, 0.15) is 5.56 Å². The first kappa shape index (κ1) is 10.0. The second-order valence-corrected chi connectivity index (χ2v) is 3.51. The smallest absolute Gasteiger partial charge is 0.298 e. The van der Waals surface area contributed by atoms with Crippen molar-refractivity contribution in [2.24, 2.45) is 5.73 Å². The topological polar surface area (TPSA) is 61.0 Å². The van der Waals surface area contributed by atoms with Crippen LogP contribution in [0, 0.1) is 5.82 Å². The van der Waals surface area contributed by atoms with Crippen LogP contribution in [-0.4, -0.2) is 9.36 Å². The quantitative estimate of drug-likeness (QED) is 0.867. The molecule has 0 bridgehead atoms. The van der Waals surface area contributed by atoms with Gasteiger partial charge in [0.25, 0.3) is 5.19 Å². The Bertz CT molecular complexity index is 447. The van der Waals surface area contributed by atoms with E-state index >= 15 is 0 Å². The number of ether oxygens (including phenoxy) is 1. The summed E-state index contributed by atoms with van der Waals surface area (Å²) in [4.78, 5) is 3.82. The SMILES string of the molecule is NCc1ccc(Oc2ncns2)cc1F. The van der Waals surface area contributed by atoms with Crippen LogP contribution >= 0.6 is 11.5 Å². The maximum atomic E-state index is 13.3. The standard InChI is InChI=1S/C9H8FN3OS/c10-8-3-7(2-1-6(8)4-11)14-9-12-5-13-15-9/h1-3,5H,4,11H2. The van der Waals surface area contributed by atoms with E-state index in [9.17, 15) is 4.39 Å². The Hall–Kier alpha value is -1.53. The van der Waals surface area contributed by atoms with Crippen molar-refractivity contribution in [1.29, 1.82) is 0 Å². The highest BCUT2D eigenvalue weighted by Crippen LogP contribution is 2.23. The monoisotopic (exact) mass is 225 g/mol. The summed E-state index contributed by atoms with van der Waals surface area (Å²) in [5, 5.41) is 0.384. The van der Waals surface area contributed by atoms with Gasteiger partial charge >= 0.3 is 0 Å². The number of hydrogen-bond donors (Lipinski definition) is 1. The molecule has 4 nitrogen and oxygen atoms in total. The summed E-state index contributed by atoms with van der Waals surface area (Å²) in [5.41, 5.74) is 5.79. The van der Waals surface area contributed by atoms with E-state index in [1.165, 1.54) is 12.4 Å². The lowest BCUT2D eigenvalue weighted by atomic mass is 10.2. The van der Waals surface area contributed by atoms with Gasteiger partial charge in [-0.25, -0.2) is 4.39 Å². The lowest BCUT2D eigenvalue weighted by molar-refractivity contribution is 0.472. The van der Waals surface area contributed by atoms with Crippen LogP contribution in [0.25, 0.3) is 0 Å². The van der Waals surface area contributed by atoms with Gasteiger partial charge in [-0.15, -0.1) is 0 Å². The van der Waals surface area contributed by atoms with Crippen LogP contribution in [0.5, 0.6) is 10.9 Å². The van der Waals surface area contributed by atoms with Gasteiger partial charge in [-0.1, -0.05) is 6.07 Å². The molecule has 6 heteroatoms. The van der Waals surface area contributed by atoms with Crippen LogP contribution in [0.2, 0.25) is 0 Å². The minimum atomic E-state index is -0.375. The van der Waals surface area contributed by atoms with Crippen LogP contribution in [0.4, 0.5) is 4.39 Å². The molecule has 15 heavy (non-hydrogen) atoms. The molecule has 0 aliphatic heterocycles. The van der Waals surface area contributed by atoms with Crippen molar-refractivity contribution in [3.63, 3.8) is 0 Å². The van der Waals surface area contributed by atoms with Crippen molar-refractivity contribution in [2.75, 3.05) is 0 Å². The Morgan fingerprint density at radius 3 is 2.93 bits per heavy atom. The summed E-state index contributed by atoms with van der Waals surface area (Å²) in [5.74, 6) is 0.0148. The van der Waals surface area contributed by atoms with Crippen LogP contribution in [0.15, 0.2) is 24.5 Å². The minimum absolute atomic E-state index is 0.172. The molecule has 1 aromatic heterocycles. The van der Waals surface area contributed by atoms with Crippen molar-refractivity contribution in [1.82, 2.24) is 9.36 Å². The number of nitrogens with zero attached hydrogens (tertiary/aromatic N) is 2. The summed E-state index contributed by atoms with van der Waals surface area (Å²) >= 11 is 1.10. The second kappa shape index (κ2) is 4.33. The minimum Gasteiger partial charge on any atom is -0.430 e. The summed E-state index contributed by atoms with van der Waals surface area (Å²) in [6.07, 6.45) is 1.38. The fourth-order valence-corrected chi connectivity index (χ4v) is 1.48. The van der Waals surface area contributed by atoms with E-state index in [4.69, 9.17) is 10.5 Å². The highest BCUT2D eigenvalue weighted by atomic mass is 32.1. The van der Waals surface area contributed by atoms with Gasteiger partial charge in [0.05, 0.1) is 0 Å². The van der Waals surface area contributed by atoms with Crippen molar-refractivity contribution in [3.8, 4) is 10.9 Å². The van der Waals surface area contributed by atoms with E-state index in [1.807, 2.05) is 0 Å². The normalized spacial score (nSPS) is 10.3. The molecule has 0 radical (unpaired) electrons. The fourth-order valence-electron chi connectivity index (χ4n) is 1.07. The molecule has 2 rings (SSSR count). The molecular formula is C9H8FN3OS. The van der Waals surface area contributed by atoms with Gasteiger partial charge in [0, 0.05) is 29.7 Å². The van der Waals surface area contributed by atoms with Crippen molar-refractivity contribution in [2.45, 2.75) is 6.54 Å². The Kier molecular flexibility index (Phi) is 2.89. The highest BCUT2D eigenvalue weighted by Gasteiger charge is 2.05. The number of hydrogen-bond acceptors (Lipinski definition) is 5. The van der Waals surface area contributed by atoms with Crippen molar-refractivity contribution >= 4 is 11.5 Å². The van der Waals surface area contributed by atoms with Crippen LogP contribution < -0.4 is 10.5 Å². The zero-order valence-corrected chi connectivity index (χ0v) is 8.50. The zero-order valence-electron chi connectivity index (χ0n) is 7.68. The van der Waals surface area contributed by atoms with Gasteiger partial charge in [0.1, 0.15) is 17.9 Å². The summed E-state index contributed by atoms with van der Waals surface area (Å²) in [7, 11) is 0. The van der Waals surface area contributed by atoms with E-state index < -0.39 is 0 Å². The fraction of sp³-hybridized carbons (Fsp3) is 0.111. The Balaban J connectivity index is 2.20. The molecule has 1 aromatic carbocycles. The van der Waals surface area contributed by atoms with Gasteiger partial charge in [0.2, 0.25) is 0 Å². The van der Waals surface area contributed by atoms with E-state index in [-0.39, 0.29) is 12.4 Å². The molecule has 0 saturated carbocycles. The average Bonchev–Trinajstić information content (AvgIpc) is 2.71. The molecule has 0 fully saturated rings. The first-order valence-electron chi connectivity index (χ1n) is 4.22. The molecule has 78 valence electrons. The number of benzene rings is 1. The van der Waals surface area contributed by atoms with E-state index in [2.05, 4.69) is 9.36 Å². The molecule has 0 spiro atoms. The summed E-state index contributed by atoms with van der Waals surface area (Å²) in [6.45, 7) is 0.172. The molecule has 2 N–H and O–H groups in total. The van der Waals surface area contributed by atoms with Gasteiger partial charge < -0.3 is 10.5 Å². The third-order valence-corrected chi connectivity index (χ3v) is 2.34. The molecule has 0 amide bonds. The molecule has 2 aromatic rings. The number of rotatable bonds is 3. The van der Waals surface area contributed by atoms with Crippen molar-refractivity contribution < 1.29 is 9.13 Å². The zero-order chi connectivity index (χ0) is 10.7. The van der Waals surface area contributed by atoms with Gasteiger partial charge in [-0.3, -0.25) is 0 Å². The second-order valence-electron chi connectivity index (χ2n) is 2.77. The van der Waals surface area contributed by atoms with Crippen LogP contribution in [0.3, 0.4) is 0 Å². The summed E-state index contributed by atoms with van der Waals surface area (Å²) in [6, 6.07) is 4.52. The third-order valence-electron chi connectivity index (χ3n) is 1.79. The van der Waals surface area contributed by atoms with Gasteiger partial charge in [-0.05, 0) is 6.07 Å². The lowest BCUT2D eigenvalue weighted by Crippen LogP contribution is -1.99. The van der Waals surface area contributed by atoms with Gasteiger partial charge in [-0.2, -0.15) is 9.36 Å². The molecule has 0 aliphatic rings. The predicted octanol–water partition coefficient (Wildman–Crippen LogP) is 1.93. The predicted molar refractivity (Wildman–Crippen MR) is 54.3 cm³/mol. The van der Waals surface area contributed by atoms with Crippen molar-refractivity contribution in [3.05, 3.63) is 35.9 Å². The molecule has 0 atom stereocenters. The van der Waals surface area contributed by atoms with E-state index in [1.54, 1.807) is 12.1 Å². The Labute approximate surface area is 89.7 Å². The maximum absolute atomic E-state index is 13.3. The molecule has 0 unspecified atom stereocenters. The van der Waals surface area contributed by atoms with E-state index in [0.29, 0.717) is 16.5 Å². The summed E-state index contributed by atoms with van der Waals surface area (Å²) < 4.78 is 22.3. The molecular weight excluding hydrogens is 217 g/mol. The lowest BCUT2D eigenvalue weighted by Gasteiger charge is -2.03. The van der Waals surface area contributed by atoms with Gasteiger partial charge in [0.15, 0.2) is 0 Å². The van der Waals surface area contributed by atoms with Crippen LogP contribution in [-0.2, 0) is 6.54 Å². The molecule has 1 heterocycles. The molecule has 0 saturated heterocycles. The number of halogens is 1. The largest absolute Gasteiger partial charge is 0.430 e. The maximum Gasteiger partial charge on any atom is 0.298 e. The first-order valence-corrected chi connectivity index (χ1v) is 5.00. The van der Waals surface area contributed by atoms with E-state index in [0.717, 1.165) is 11.5 Å². The Morgan fingerprint density at radius 1 is 1.47 bits per heavy atom.